The van der Waals surface area contributed by atoms with Crippen molar-refractivity contribution in [3.05, 3.63) is 0 Å². The minimum atomic E-state index is 0.0248. The maximum Gasteiger partial charge on any atom is 0.0546 e. The summed E-state index contributed by atoms with van der Waals surface area (Å²) in [5.41, 5.74) is 0.555. The summed E-state index contributed by atoms with van der Waals surface area (Å²) in [6.45, 7) is 4.69. The molecule has 0 aromatic rings. The van der Waals surface area contributed by atoms with Crippen LogP contribution in [0.4, 0.5) is 0 Å². The van der Waals surface area contributed by atoms with Crippen LogP contribution in [0.3, 0.4) is 0 Å². The molecule has 0 aromatic heterocycles. The van der Waals surface area contributed by atoms with Crippen LogP contribution in [0.5, 0.6) is 0 Å². The van der Waals surface area contributed by atoms with Gasteiger partial charge < -0.3 is 5.11 Å². The third-order valence-corrected chi connectivity index (χ3v) is 3.79. The van der Waals surface area contributed by atoms with Crippen LogP contribution in [0, 0.1) is 17.3 Å². The van der Waals surface area contributed by atoms with Crippen LogP contribution in [0.15, 0.2) is 0 Å². The quantitative estimate of drug-likeness (QED) is 0.544. The van der Waals surface area contributed by atoms with Crippen LogP contribution < -0.4 is 0 Å². The molecular weight excluding hydrogens is 124 g/mol. The van der Waals surface area contributed by atoms with Crippen LogP contribution in [-0.2, 0) is 0 Å². The summed E-state index contributed by atoms with van der Waals surface area (Å²) in [7, 11) is 0. The fraction of sp³-hybridized carbons (Fsp3) is 1.00. The van der Waals surface area contributed by atoms with E-state index in [0.717, 1.165) is 24.7 Å². The first-order valence-electron chi connectivity index (χ1n) is 4.29. The van der Waals surface area contributed by atoms with Gasteiger partial charge in [0.2, 0.25) is 0 Å². The average Bonchev–Trinajstić information content (AvgIpc) is 1.87. The monoisotopic (exact) mass is 140 g/mol. The highest BCUT2D eigenvalue weighted by atomic mass is 16.3. The first kappa shape index (κ1) is 6.66. The van der Waals surface area contributed by atoms with Crippen molar-refractivity contribution in [3.8, 4) is 0 Å². The SMILES string of the molecule is CC1(C)C2CC(O)CC1C2. The van der Waals surface area contributed by atoms with Crippen molar-refractivity contribution in [2.24, 2.45) is 17.3 Å². The Hall–Kier alpha value is -0.0400. The predicted molar refractivity (Wildman–Crippen MR) is 40.6 cm³/mol. The molecule has 1 N–H and O–H groups in total. The van der Waals surface area contributed by atoms with Gasteiger partial charge in [0.15, 0.2) is 0 Å². The molecule has 3 fully saturated rings. The Bertz CT molecular complexity index is 137. The molecule has 0 saturated heterocycles. The Balaban J connectivity index is 2.10. The van der Waals surface area contributed by atoms with Crippen LogP contribution in [-0.4, -0.2) is 11.2 Å². The van der Waals surface area contributed by atoms with E-state index in [1.165, 1.54) is 6.42 Å². The lowest BCUT2D eigenvalue weighted by Gasteiger charge is -2.58. The molecule has 3 saturated carbocycles. The number of fused-ring (bicyclic) bond motifs is 2. The van der Waals surface area contributed by atoms with Gasteiger partial charge in [-0.2, -0.15) is 0 Å². The van der Waals surface area contributed by atoms with E-state index in [-0.39, 0.29) is 6.10 Å². The molecule has 58 valence electrons. The second-order valence-electron chi connectivity index (χ2n) is 4.58. The first-order valence-corrected chi connectivity index (χ1v) is 4.29. The summed E-state index contributed by atoms with van der Waals surface area (Å²) in [5.74, 6) is 1.64. The van der Waals surface area contributed by atoms with E-state index < -0.39 is 0 Å². The molecule has 0 amide bonds. The highest BCUT2D eigenvalue weighted by Crippen LogP contribution is 2.58. The van der Waals surface area contributed by atoms with E-state index in [0.29, 0.717) is 5.41 Å². The Kier molecular flexibility index (Phi) is 1.17. The average molecular weight is 140 g/mol. The molecular formula is C9H16O. The molecule has 10 heavy (non-hydrogen) atoms. The summed E-state index contributed by atoms with van der Waals surface area (Å²) in [4.78, 5) is 0. The third-order valence-electron chi connectivity index (χ3n) is 3.79. The van der Waals surface area contributed by atoms with Gasteiger partial charge in [-0.05, 0) is 36.5 Å². The fourth-order valence-electron chi connectivity index (χ4n) is 2.68. The molecule has 0 aliphatic heterocycles. The molecule has 2 unspecified atom stereocenters. The maximum atomic E-state index is 9.34. The van der Waals surface area contributed by atoms with E-state index in [1.54, 1.807) is 0 Å². The molecule has 3 aliphatic carbocycles. The van der Waals surface area contributed by atoms with Crippen molar-refractivity contribution < 1.29 is 5.11 Å². The van der Waals surface area contributed by atoms with Crippen molar-refractivity contribution in [1.29, 1.82) is 0 Å². The summed E-state index contributed by atoms with van der Waals surface area (Å²) in [5, 5.41) is 9.34. The van der Waals surface area contributed by atoms with Crippen molar-refractivity contribution in [2.45, 2.75) is 39.2 Å². The van der Waals surface area contributed by atoms with Gasteiger partial charge in [0.25, 0.3) is 0 Å². The Labute approximate surface area is 62.4 Å². The summed E-state index contributed by atoms with van der Waals surface area (Å²) < 4.78 is 0. The molecule has 2 bridgehead atoms. The van der Waals surface area contributed by atoms with E-state index in [1.807, 2.05) is 0 Å². The molecule has 2 atom stereocenters. The van der Waals surface area contributed by atoms with Crippen LogP contribution in [0.25, 0.3) is 0 Å². The van der Waals surface area contributed by atoms with Crippen molar-refractivity contribution in [1.82, 2.24) is 0 Å². The number of aliphatic hydroxyl groups excluding tert-OH is 1. The topological polar surface area (TPSA) is 20.2 Å². The zero-order valence-electron chi connectivity index (χ0n) is 6.80. The van der Waals surface area contributed by atoms with Gasteiger partial charge in [-0.3, -0.25) is 0 Å². The van der Waals surface area contributed by atoms with Gasteiger partial charge in [-0.1, -0.05) is 13.8 Å². The molecule has 1 heteroatoms. The zero-order chi connectivity index (χ0) is 7.35. The smallest absolute Gasteiger partial charge is 0.0546 e. The molecule has 0 aromatic carbocycles. The van der Waals surface area contributed by atoms with Crippen LogP contribution in [0.2, 0.25) is 0 Å². The lowest BCUT2D eigenvalue weighted by Crippen LogP contribution is -2.51. The highest BCUT2D eigenvalue weighted by Gasteiger charge is 2.52. The number of aliphatic hydroxyl groups is 1. The second kappa shape index (κ2) is 1.76. The predicted octanol–water partition coefficient (Wildman–Crippen LogP) is 1.80. The fourth-order valence-corrected chi connectivity index (χ4v) is 2.68. The van der Waals surface area contributed by atoms with Gasteiger partial charge in [0.05, 0.1) is 6.10 Å². The van der Waals surface area contributed by atoms with Gasteiger partial charge in [-0.15, -0.1) is 0 Å². The van der Waals surface area contributed by atoms with E-state index in [9.17, 15) is 5.11 Å². The summed E-state index contributed by atoms with van der Waals surface area (Å²) in [6.07, 6.45) is 3.52. The lowest BCUT2D eigenvalue weighted by molar-refractivity contribution is -0.115. The maximum absolute atomic E-state index is 9.34. The first-order chi connectivity index (χ1) is 4.60. The molecule has 3 rings (SSSR count). The minimum Gasteiger partial charge on any atom is -0.393 e. The summed E-state index contributed by atoms with van der Waals surface area (Å²) in [6, 6.07) is 0. The van der Waals surface area contributed by atoms with Crippen molar-refractivity contribution in [2.75, 3.05) is 0 Å². The number of rotatable bonds is 0. The molecule has 0 heterocycles. The molecule has 0 radical (unpaired) electrons. The normalized spacial score (nSPS) is 50.1. The Morgan fingerprint density at radius 1 is 1.10 bits per heavy atom. The van der Waals surface area contributed by atoms with Gasteiger partial charge in [0.1, 0.15) is 0 Å². The summed E-state index contributed by atoms with van der Waals surface area (Å²) >= 11 is 0. The van der Waals surface area contributed by atoms with Gasteiger partial charge in [-0.25, -0.2) is 0 Å². The Morgan fingerprint density at radius 3 is 1.90 bits per heavy atom. The van der Waals surface area contributed by atoms with Gasteiger partial charge in [0, 0.05) is 0 Å². The second-order valence-corrected chi connectivity index (χ2v) is 4.58. The molecule has 0 spiro atoms. The Morgan fingerprint density at radius 2 is 1.60 bits per heavy atom. The van der Waals surface area contributed by atoms with Gasteiger partial charge >= 0.3 is 0 Å². The van der Waals surface area contributed by atoms with E-state index >= 15 is 0 Å². The largest absolute Gasteiger partial charge is 0.393 e. The van der Waals surface area contributed by atoms with Crippen LogP contribution >= 0.6 is 0 Å². The van der Waals surface area contributed by atoms with E-state index in [2.05, 4.69) is 13.8 Å². The number of hydrogen-bond donors (Lipinski definition) is 1. The van der Waals surface area contributed by atoms with Crippen molar-refractivity contribution >= 4 is 0 Å². The zero-order valence-corrected chi connectivity index (χ0v) is 6.80. The van der Waals surface area contributed by atoms with E-state index in [4.69, 9.17) is 0 Å². The molecule has 3 aliphatic rings. The lowest BCUT2D eigenvalue weighted by atomic mass is 9.48. The van der Waals surface area contributed by atoms with Crippen molar-refractivity contribution in [3.63, 3.8) is 0 Å². The van der Waals surface area contributed by atoms with Crippen LogP contribution in [0.1, 0.15) is 33.1 Å². The number of hydrogen-bond acceptors (Lipinski definition) is 1. The minimum absolute atomic E-state index is 0.0248. The highest BCUT2D eigenvalue weighted by molar-refractivity contribution is 5.01. The third kappa shape index (κ3) is 0.672. The molecule has 1 nitrogen and oxygen atoms in total. The standard InChI is InChI=1S/C9H16O/c1-9(2)6-3-7(9)5-8(10)4-6/h6-8,10H,3-5H2,1-2H3.